The molecule has 1 aliphatic heterocycles. The first kappa shape index (κ1) is 15.3. The third-order valence-corrected chi connectivity index (χ3v) is 5.74. The molecule has 1 saturated heterocycles. The molecule has 2 aliphatic rings. The lowest BCUT2D eigenvalue weighted by Crippen LogP contribution is -2.65. The van der Waals surface area contributed by atoms with E-state index in [9.17, 15) is 4.39 Å². The number of hydrogen-bond acceptors (Lipinski definition) is 2. The molecule has 4 heteroatoms. The molecule has 2 unspecified atom stereocenters. The van der Waals surface area contributed by atoms with Gasteiger partial charge < -0.3 is 10.2 Å². The summed E-state index contributed by atoms with van der Waals surface area (Å²) >= 11 is 3.25. The van der Waals surface area contributed by atoms with Gasteiger partial charge in [-0.25, -0.2) is 4.39 Å². The van der Waals surface area contributed by atoms with Gasteiger partial charge in [-0.1, -0.05) is 13.8 Å². The zero-order valence-electron chi connectivity index (χ0n) is 13.0. The third-order valence-electron chi connectivity index (χ3n) is 5.10. The molecule has 0 amide bonds. The summed E-state index contributed by atoms with van der Waals surface area (Å²) in [7, 11) is 0. The van der Waals surface area contributed by atoms with Gasteiger partial charge in [-0.2, -0.15) is 0 Å². The fourth-order valence-corrected chi connectivity index (χ4v) is 3.76. The predicted molar refractivity (Wildman–Crippen MR) is 89.2 cm³/mol. The van der Waals surface area contributed by atoms with Crippen LogP contribution in [0.25, 0.3) is 0 Å². The number of halogens is 2. The van der Waals surface area contributed by atoms with Crippen LogP contribution in [-0.2, 0) is 0 Å². The summed E-state index contributed by atoms with van der Waals surface area (Å²) in [6.45, 7) is 8.75. The van der Waals surface area contributed by atoms with E-state index in [1.54, 1.807) is 6.07 Å². The van der Waals surface area contributed by atoms with Crippen LogP contribution in [0.5, 0.6) is 0 Å². The second-order valence-electron chi connectivity index (χ2n) is 7.11. The Bertz CT molecular complexity index is 530. The maximum Gasteiger partial charge on any atom is 0.139 e. The van der Waals surface area contributed by atoms with Crippen molar-refractivity contribution in [2.24, 2.45) is 11.8 Å². The number of piperazine rings is 1. The lowest BCUT2D eigenvalue weighted by Gasteiger charge is -2.49. The van der Waals surface area contributed by atoms with E-state index >= 15 is 0 Å². The van der Waals surface area contributed by atoms with Crippen LogP contribution in [-0.4, -0.2) is 24.7 Å². The molecular formula is C17H24BrFN2. The highest BCUT2D eigenvalue weighted by atomic mass is 79.9. The maximum absolute atomic E-state index is 13.9. The van der Waals surface area contributed by atoms with Crippen LogP contribution < -0.4 is 10.2 Å². The van der Waals surface area contributed by atoms with Gasteiger partial charge in [0.15, 0.2) is 0 Å². The van der Waals surface area contributed by atoms with Gasteiger partial charge >= 0.3 is 0 Å². The molecule has 2 nitrogen and oxygen atoms in total. The lowest BCUT2D eigenvalue weighted by atomic mass is 9.87. The van der Waals surface area contributed by atoms with E-state index in [2.05, 4.69) is 46.9 Å². The summed E-state index contributed by atoms with van der Waals surface area (Å²) in [5, 5.41) is 3.77. The van der Waals surface area contributed by atoms with Crippen molar-refractivity contribution in [3.8, 4) is 0 Å². The molecule has 3 rings (SSSR count). The van der Waals surface area contributed by atoms with Gasteiger partial charge in [-0.3, -0.25) is 0 Å². The molecule has 116 valence electrons. The van der Waals surface area contributed by atoms with Crippen molar-refractivity contribution in [3.63, 3.8) is 0 Å². The topological polar surface area (TPSA) is 15.3 Å². The van der Waals surface area contributed by atoms with Crippen molar-refractivity contribution in [1.82, 2.24) is 5.32 Å². The Morgan fingerprint density at radius 2 is 2.10 bits per heavy atom. The smallest absolute Gasteiger partial charge is 0.139 e. The van der Waals surface area contributed by atoms with Gasteiger partial charge in [0.25, 0.3) is 0 Å². The molecular weight excluding hydrogens is 331 g/mol. The lowest BCUT2D eigenvalue weighted by molar-refractivity contribution is 0.233. The Morgan fingerprint density at radius 1 is 1.38 bits per heavy atom. The number of nitrogens with one attached hydrogen (secondary N) is 1. The van der Waals surface area contributed by atoms with E-state index in [-0.39, 0.29) is 11.4 Å². The first-order valence-corrected chi connectivity index (χ1v) is 8.67. The Hall–Kier alpha value is -0.610. The minimum atomic E-state index is -0.179. The molecule has 1 aliphatic carbocycles. The zero-order chi connectivity index (χ0) is 15.2. The van der Waals surface area contributed by atoms with Gasteiger partial charge in [0.2, 0.25) is 0 Å². The van der Waals surface area contributed by atoms with Crippen LogP contribution in [0.15, 0.2) is 22.7 Å². The normalized spacial score (nSPS) is 30.0. The summed E-state index contributed by atoms with van der Waals surface area (Å²) in [5.41, 5.74) is 1.16. The van der Waals surface area contributed by atoms with Gasteiger partial charge in [-0.05, 0) is 65.7 Å². The van der Waals surface area contributed by atoms with Crippen LogP contribution in [0.4, 0.5) is 10.1 Å². The van der Waals surface area contributed by atoms with Gasteiger partial charge in [-0.15, -0.1) is 0 Å². The number of hydrogen-bond donors (Lipinski definition) is 1. The second kappa shape index (κ2) is 5.54. The van der Waals surface area contributed by atoms with E-state index in [0.29, 0.717) is 16.4 Å². The Labute approximate surface area is 135 Å². The Balaban J connectivity index is 1.91. The maximum atomic E-state index is 13.9. The van der Waals surface area contributed by atoms with E-state index in [1.165, 1.54) is 12.8 Å². The predicted octanol–water partition coefficient (Wildman–Crippen LogP) is 4.19. The van der Waals surface area contributed by atoms with Gasteiger partial charge in [0.05, 0.1) is 4.47 Å². The standard InChI is InChI=1S/C17H24BrFN2/c1-11(2)16-9-20-17(3,12-4-5-12)10-21(16)13-6-7-14(18)15(19)8-13/h6-8,11-12,16,20H,4-5,9-10H2,1-3H3. The first-order valence-electron chi connectivity index (χ1n) is 7.87. The fraction of sp³-hybridized carbons (Fsp3) is 0.647. The van der Waals surface area contributed by atoms with Crippen LogP contribution >= 0.6 is 15.9 Å². The molecule has 21 heavy (non-hydrogen) atoms. The summed E-state index contributed by atoms with van der Waals surface area (Å²) in [6.07, 6.45) is 2.64. The highest BCUT2D eigenvalue weighted by Crippen LogP contribution is 2.42. The molecule has 2 fully saturated rings. The van der Waals surface area contributed by atoms with Crippen LogP contribution in [0.1, 0.15) is 33.6 Å². The van der Waals surface area contributed by atoms with Crippen molar-refractivity contribution >= 4 is 21.6 Å². The molecule has 1 aromatic carbocycles. The average Bonchev–Trinajstić information content (AvgIpc) is 3.26. The van der Waals surface area contributed by atoms with Gasteiger partial charge in [0, 0.05) is 30.4 Å². The van der Waals surface area contributed by atoms with Crippen molar-refractivity contribution in [2.75, 3.05) is 18.0 Å². The molecule has 2 atom stereocenters. The summed E-state index contributed by atoms with van der Waals surface area (Å²) in [5.74, 6) is 1.13. The molecule has 1 saturated carbocycles. The highest BCUT2D eigenvalue weighted by molar-refractivity contribution is 9.10. The first-order chi connectivity index (χ1) is 9.90. The minimum Gasteiger partial charge on any atom is -0.365 e. The molecule has 0 bridgehead atoms. The number of rotatable bonds is 3. The number of nitrogens with zero attached hydrogens (tertiary/aromatic N) is 1. The van der Waals surface area contributed by atoms with E-state index in [1.807, 2.05) is 12.1 Å². The number of anilines is 1. The van der Waals surface area contributed by atoms with Crippen molar-refractivity contribution in [1.29, 1.82) is 0 Å². The molecule has 1 aromatic rings. The van der Waals surface area contributed by atoms with Crippen molar-refractivity contribution in [3.05, 3.63) is 28.5 Å². The quantitative estimate of drug-likeness (QED) is 0.875. The van der Waals surface area contributed by atoms with Crippen LogP contribution in [0.2, 0.25) is 0 Å². The van der Waals surface area contributed by atoms with Crippen LogP contribution in [0, 0.1) is 17.7 Å². The average molecular weight is 355 g/mol. The summed E-state index contributed by atoms with van der Waals surface area (Å²) in [6, 6.07) is 5.93. The summed E-state index contributed by atoms with van der Waals surface area (Å²) in [4.78, 5) is 2.41. The Kier molecular flexibility index (Phi) is 4.04. The summed E-state index contributed by atoms with van der Waals surface area (Å²) < 4.78 is 14.5. The van der Waals surface area contributed by atoms with Gasteiger partial charge in [0.1, 0.15) is 5.82 Å². The molecule has 1 N–H and O–H groups in total. The minimum absolute atomic E-state index is 0.162. The molecule has 0 radical (unpaired) electrons. The van der Waals surface area contributed by atoms with Crippen LogP contribution in [0.3, 0.4) is 0 Å². The SMILES string of the molecule is CC(C)C1CNC(C)(C2CC2)CN1c1ccc(Br)c(F)c1. The largest absolute Gasteiger partial charge is 0.365 e. The van der Waals surface area contributed by atoms with E-state index < -0.39 is 0 Å². The zero-order valence-corrected chi connectivity index (χ0v) is 14.6. The van der Waals surface area contributed by atoms with E-state index in [0.717, 1.165) is 24.7 Å². The fourth-order valence-electron chi connectivity index (χ4n) is 3.51. The monoisotopic (exact) mass is 354 g/mol. The molecule has 0 spiro atoms. The highest BCUT2D eigenvalue weighted by Gasteiger charge is 2.46. The molecule has 1 heterocycles. The second-order valence-corrected chi connectivity index (χ2v) is 7.96. The Morgan fingerprint density at radius 3 is 2.67 bits per heavy atom. The third kappa shape index (κ3) is 2.98. The molecule has 0 aromatic heterocycles. The van der Waals surface area contributed by atoms with Crippen molar-refractivity contribution in [2.45, 2.75) is 45.2 Å². The van der Waals surface area contributed by atoms with Crippen molar-refractivity contribution < 1.29 is 4.39 Å². The van der Waals surface area contributed by atoms with E-state index in [4.69, 9.17) is 0 Å². The number of benzene rings is 1.